The summed E-state index contributed by atoms with van der Waals surface area (Å²) >= 11 is 3.19. The van der Waals surface area contributed by atoms with Crippen LogP contribution in [0.1, 0.15) is 26.3 Å². The molecule has 0 radical (unpaired) electrons. The fourth-order valence-electron chi connectivity index (χ4n) is 2.37. The summed E-state index contributed by atoms with van der Waals surface area (Å²) in [6, 6.07) is 9.41. The molecule has 5 heteroatoms. The first-order valence-electron chi connectivity index (χ1n) is 5.94. The Morgan fingerprint density at radius 2 is 1.60 bits per heavy atom. The van der Waals surface area contributed by atoms with Crippen LogP contribution in [0, 0.1) is 12.7 Å². The van der Waals surface area contributed by atoms with Gasteiger partial charge in [0.05, 0.1) is 16.8 Å². The summed E-state index contributed by atoms with van der Waals surface area (Å²) in [7, 11) is 0. The minimum atomic E-state index is -0.605. The van der Waals surface area contributed by atoms with Crippen LogP contribution in [0.25, 0.3) is 0 Å². The minimum absolute atomic E-state index is 0.0133. The fraction of sp³-hybridized carbons (Fsp3) is 0.0667. The molecule has 0 unspecified atom stereocenters. The van der Waals surface area contributed by atoms with Crippen molar-refractivity contribution in [3.8, 4) is 0 Å². The number of carbonyl (C=O) groups is 2. The van der Waals surface area contributed by atoms with Gasteiger partial charge in [-0.25, -0.2) is 9.29 Å². The van der Waals surface area contributed by atoms with E-state index in [1.807, 2.05) is 0 Å². The molecule has 1 aliphatic rings. The molecular formula is C15H9BrFNO2. The van der Waals surface area contributed by atoms with Gasteiger partial charge in [-0.15, -0.1) is 0 Å². The second-order valence-electron chi connectivity index (χ2n) is 4.54. The third kappa shape index (κ3) is 1.78. The molecule has 2 aromatic rings. The van der Waals surface area contributed by atoms with E-state index in [1.165, 1.54) is 6.07 Å². The molecule has 0 aliphatic carbocycles. The number of halogens is 2. The van der Waals surface area contributed by atoms with Crippen molar-refractivity contribution in [3.63, 3.8) is 0 Å². The van der Waals surface area contributed by atoms with Crippen LogP contribution in [-0.2, 0) is 0 Å². The van der Waals surface area contributed by atoms with Gasteiger partial charge in [0.2, 0.25) is 0 Å². The predicted molar refractivity (Wildman–Crippen MR) is 76.4 cm³/mol. The molecule has 0 fully saturated rings. The summed E-state index contributed by atoms with van der Waals surface area (Å²) in [6.45, 7) is 1.66. The Labute approximate surface area is 123 Å². The van der Waals surface area contributed by atoms with Crippen molar-refractivity contribution in [1.29, 1.82) is 0 Å². The van der Waals surface area contributed by atoms with E-state index >= 15 is 0 Å². The molecule has 0 saturated carbocycles. The Morgan fingerprint density at radius 1 is 1.05 bits per heavy atom. The number of anilines is 1. The van der Waals surface area contributed by atoms with Crippen molar-refractivity contribution in [3.05, 3.63) is 63.4 Å². The highest BCUT2D eigenvalue weighted by Gasteiger charge is 2.38. The molecule has 1 aliphatic heterocycles. The second-order valence-corrected chi connectivity index (χ2v) is 5.46. The third-order valence-corrected chi connectivity index (χ3v) is 3.69. The largest absolute Gasteiger partial charge is 0.268 e. The molecule has 0 bridgehead atoms. The molecule has 100 valence electrons. The van der Waals surface area contributed by atoms with Gasteiger partial charge in [0, 0.05) is 4.47 Å². The number of fused-ring (bicyclic) bond motifs is 1. The van der Waals surface area contributed by atoms with Gasteiger partial charge in [-0.2, -0.15) is 0 Å². The van der Waals surface area contributed by atoms with Gasteiger partial charge in [-0.3, -0.25) is 9.59 Å². The van der Waals surface area contributed by atoms with Gasteiger partial charge in [-0.1, -0.05) is 28.1 Å². The Morgan fingerprint density at radius 3 is 2.10 bits per heavy atom. The smallest absolute Gasteiger partial charge is 0.266 e. The maximum Gasteiger partial charge on any atom is 0.266 e. The van der Waals surface area contributed by atoms with Crippen LogP contribution in [0.4, 0.5) is 10.1 Å². The summed E-state index contributed by atoms with van der Waals surface area (Å²) in [6.07, 6.45) is 0. The number of amides is 2. The van der Waals surface area contributed by atoms with Gasteiger partial charge in [0.15, 0.2) is 0 Å². The van der Waals surface area contributed by atoms with Crippen molar-refractivity contribution in [2.24, 2.45) is 0 Å². The van der Waals surface area contributed by atoms with Gasteiger partial charge < -0.3 is 0 Å². The molecule has 0 N–H and O–H groups in total. The van der Waals surface area contributed by atoms with Crippen LogP contribution in [0.5, 0.6) is 0 Å². The lowest BCUT2D eigenvalue weighted by Crippen LogP contribution is -2.31. The Bertz CT molecular complexity index is 699. The van der Waals surface area contributed by atoms with Crippen LogP contribution in [0.15, 0.2) is 40.9 Å². The lowest BCUT2D eigenvalue weighted by atomic mass is 10.1. The van der Waals surface area contributed by atoms with Crippen molar-refractivity contribution in [1.82, 2.24) is 0 Å². The van der Waals surface area contributed by atoms with E-state index in [4.69, 9.17) is 0 Å². The average Bonchev–Trinajstić information content (AvgIpc) is 2.64. The summed E-state index contributed by atoms with van der Waals surface area (Å²) in [5.41, 5.74) is 1.14. The zero-order chi connectivity index (χ0) is 14.4. The average molecular weight is 334 g/mol. The van der Waals surface area contributed by atoms with Crippen LogP contribution in [0.3, 0.4) is 0 Å². The predicted octanol–water partition coefficient (Wildman–Crippen LogP) is 3.70. The van der Waals surface area contributed by atoms with Gasteiger partial charge in [0.25, 0.3) is 11.8 Å². The Hall–Kier alpha value is -2.01. The first kappa shape index (κ1) is 13.0. The zero-order valence-corrected chi connectivity index (χ0v) is 12.1. The van der Waals surface area contributed by atoms with E-state index in [-0.39, 0.29) is 5.69 Å². The summed E-state index contributed by atoms with van der Waals surface area (Å²) < 4.78 is 14.7. The second kappa shape index (κ2) is 4.52. The summed E-state index contributed by atoms with van der Waals surface area (Å²) in [5, 5.41) is 0. The van der Waals surface area contributed by atoms with Crippen molar-refractivity contribution < 1.29 is 14.0 Å². The van der Waals surface area contributed by atoms with Crippen molar-refractivity contribution in [2.75, 3.05) is 4.90 Å². The lowest BCUT2D eigenvalue weighted by Gasteiger charge is -2.17. The zero-order valence-electron chi connectivity index (χ0n) is 10.5. The number of rotatable bonds is 1. The Kier molecular flexibility index (Phi) is 2.94. The number of imide groups is 1. The van der Waals surface area contributed by atoms with E-state index in [0.29, 0.717) is 21.2 Å². The molecular weight excluding hydrogens is 325 g/mol. The maximum absolute atomic E-state index is 14.2. The molecule has 3 rings (SSSR count). The van der Waals surface area contributed by atoms with Gasteiger partial charge in [0.1, 0.15) is 5.82 Å². The van der Waals surface area contributed by atoms with E-state index in [2.05, 4.69) is 15.9 Å². The van der Waals surface area contributed by atoms with Crippen molar-refractivity contribution >= 4 is 33.4 Å². The SMILES string of the molecule is Cc1cc(Br)cc(F)c1N1C(=O)c2ccccc2C1=O. The Balaban J connectivity index is 2.19. The lowest BCUT2D eigenvalue weighted by molar-refractivity contribution is 0.0924. The molecule has 1 heterocycles. The molecule has 0 atom stereocenters. The standard InChI is InChI=1S/C15H9BrFNO2/c1-8-6-9(16)7-12(17)13(8)18-14(19)10-4-2-3-5-11(10)15(18)20/h2-7H,1H3. The molecule has 20 heavy (non-hydrogen) atoms. The molecule has 0 spiro atoms. The van der Waals surface area contributed by atoms with Crippen LogP contribution in [0.2, 0.25) is 0 Å². The van der Waals surface area contributed by atoms with Crippen LogP contribution in [-0.4, -0.2) is 11.8 Å². The highest BCUT2D eigenvalue weighted by Crippen LogP contribution is 2.34. The number of hydrogen-bond acceptors (Lipinski definition) is 2. The van der Waals surface area contributed by atoms with Crippen LogP contribution < -0.4 is 4.90 Å². The monoisotopic (exact) mass is 333 g/mol. The quantitative estimate of drug-likeness (QED) is 0.746. The highest BCUT2D eigenvalue weighted by molar-refractivity contribution is 9.10. The molecule has 0 aromatic heterocycles. The van der Waals surface area contributed by atoms with Gasteiger partial charge >= 0.3 is 0 Å². The molecule has 0 saturated heterocycles. The fourth-order valence-corrected chi connectivity index (χ4v) is 2.91. The minimum Gasteiger partial charge on any atom is -0.268 e. The first-order valence-corrected chi connectivity index (χ1v) is 6.73. The van der Waals surface area contributed by atoms with E-state index < -0.39 is 17.6 Å². The summed E-state index contributed by atoms with van der Waals surface area (Å²) in [5.74, 6) is -1.59. The number of carbonyl (C=O) groups excluding carboxylic acids is 2. The van der Waals surface area contributed by atoms with E-state index in [0.717, 1.165) is 4.90 Å². The topological polar surface area (TPSA) is 37.4 Å². The summed E-state index contributed by atoms with van der Waals surface area (Å²) in [4.78, 5) is 25.6. The normalized spacial score (nSPS) is 13.8. The first-order chi connectivity index (χ1) is 9.50. The van der Waals surface area contributed by atoms with Gasteiger partial charge in [-0.05, 0) is 36.8 Å². The number of hydrogen-bond donors (Lipinski definition) is 0. The third-order valence-electron chi connectivity index (χ3n) is 3.24. The highest BCUT2D eigenvalue weighted by atomic mass is 79.9. The van der Waals surface area contributed by atoms with Crippen LogP contribution >= 0.6 is 15.9 Å². The molecule has 2 aromatic carbocycles. The molecule has 2 amide bonds. The number of aryl methyl sites for hydroxylation is 1. The number of nitrogens with zero attached hydrogens (tertiary/aromatic N) is 1. The molecule has 3 nitrogen and oxygen atoms in total. The number of benzene rings is 2. The van der Waals surface area contributed by atoms with E-state index in [1.54, 1.807) is 37.3 Å². The maximum atomic E-state index is 14.2. The van der Waals surface area contributed by atoms with Crippen molar-refractivity contribution in [2.45, 2.75) is 6.92 Å². The van der Waals surface area contributed by atoms with E-state index in [9.17, 15) is 14.0 Å².